The van der Waals surface area contributed by atoms with E-state index in [1.807, 2.05) is 42.5 Å². The predicted octanol–water partition coefficient (Wildman–Crippen LogP) is 7.27. The second-order valence-corrected chi connectivity index (χ2v) is 10.0. The van der Waals surface area contributed by atoms with Crippen molar-refractivity contribution in [3.05, 3.63) is 97.0 Å². The molecule has 1 aliphatic rings. The summed E-state index contributed by atoms with van der Waals surface area (Å²) in [6.07, 6.45) is 0. The molecule has 0 spiro atoms. The van der Waals surface area contributed by atoms with E-state index in [-0.39, 0.29) is 35.8 Å². The van der Waals surface area contributed by atoms with Crippen molar-refractivity contribution < 1.29 is 14.5 Å². The molecule has 1 aliphatic heterocycles. The Morgan fingerprint density at radius 3 is 2.29 bits per heavy atom. The van der Waals surface area contributed by atoms with Crippen LogP contribution >= 0.6 is 15.9 Å². The summed E-state index contributed by atoms with van der Waals surface area (Å²) in [5, 5.41) is 15.0. The highest BCUT2D eigenvalue weighted by Crippen LogP contribution is 2.45. The van der Waals surface area contributed by atoms with Crippen LogP contribution in [-0.2, 0) is 11.4 Å². The summed E-state index contributed by atoms with van der Waals surface area (Å²) in [6.45, 7) is 8.54. The van der Waals surface area contributed by atoms with Crippen LogP contribution in [-0.4, -0.2) is 10.8 Å². The number of nitro groups is 1. The minimum Gasteiger partial charge on any atom is -0.482 e. The fourth-order valence-electron chi connectivity index (χ4n) is 4.55. The van der Waals surface area contributed by atoms with Crippen molar-refractivity contribution in [1.29, 1.82) is 0 Å². The Morgan fingerprint density at radius 1 is 1.03 bits per heavy atom. The first-order chi connectivity index (χ1) is 16.2. The molecule has 0 saturated carbocycles. The summed E-state index contributed by atoms with van der Waals surface area (Å²) in [5.41, 5.74) is 4.82. The first-order valence-corrected chi connectivity index (χ1v) is 12.1. The van der Waals surface area contributed by atoms with Crippen molar-refractivity contribution in [3.8, 4) is 5.75 Å². The fourth-order valence-corrected chi connectivity index (χ4v) is 5.01. The van der Waals surface area contributed by atoms with E-state index < -0.39 is 10.8 Å². The molecule has 1 heterocycles. The average Bonchev–Trinajstić information content (AvgIpc) is 2.94. The van der Waals surface area contributed by atoms with E-state index in [0.717, 1.165) is 27.9 Å². The number of benzene rings is 3. The van der Waals surface area contributed by atoms with Gasteiger partial charge in [-0.15, -0.1) is 0 Å². The van der Waals surface area contributed by atoms with Gasteiger partial charge in [-0.25, -0.2) is 0 Å². The SMILES string of the molecule is CC(C)c1cccc(C(C)C)c1NC(=O)C1c2ccccc2COc2c1cc(Br)cc2[N+](=O)[O-]. The number of anilines is 1. The molecule has 0 radical (unpaired) electrons. The van der Waals surface area contributed by atoms with Gasteiger partial charge in [-0.3, -0.25) is 14.9 Å². The number of halogens is 1. The number of rotatable bonds is 5. The second-order valence-electron chi connectivity index (χ2n) is 9.13. The Kier molecular flexibility index (Phi) is 6.75. The molecule has 34 heavy (non-hydrogen) atoms. The zero-order valence-corrected chi connectivity index (χ0v) is 21.2. The lowest BCUT2D eigenvalue weighted by atomic mass is 9.86. The van der Waals surface area contributed by atoms with Crippen molar-refractivity contribution in [2.45, 2.75) is 52.1 Å². The van der Waals surface area contributed by atoms with Crippen molar-refractivity contribution in [1.82, 2.24) is 0 Å². The topological polar surface area (TPSA) is 81.5 Å². The zero-order valence-electron chi connectivity index (χ0n) is 19.6. The molecule has 0 aliphatic carbocycles. The standard InChI is InChI=1S/C27H27BrN2O4/c1-15(2)19-10-7-11-20(16(3)4)25(19)29-27(31)24-21-9-6-5-8-17(21)14-34-26-22(24)12-18(28)13-23(26)30(32)33/h5-13,15-16,24H,14H2,1-4H3,(H,29,31). The Labute approximate surface area is 207 Å². The van der Waals surface area contributed by atoms with Crippen LogP contribution in [0.1, 0.15) is 73.3 Å². The van der Waals surface area contributed by atoms with Crippen LogP contribution < -0.4 is 10.1 Å². The summed E-state index contributed by atoms with van der Waals surface area (Å²) in [7, 11) is 0. The third-order valence-electron chi connectivity index (χ3n) is 6.19. The number of fused-ring (bicyclic) bond motifs is 2. The normalized spacial score (nSPS) is 14.7. The molecule has 6 nitrogen and oxygen atoms in total. The Balaban J connectivity index is 1.91. The number of carbonyl (C=O) groups is 1. The molecular formula is C27H27BrN2O4. The highest BCUT2D eigenvalue weighted by molar-refractivity contribution is 9.10. The van der Waals surface area contributed by atoms with E-state index in [2.05, 4.69) is 48.9 Å². The number of ether oxygens (including phenoxy) is 1. The first-order valence-electron chi connectivity index (χ1n) is 11.3. The quantitative estimate of drug-likeness (QED) is 0.282. The van der Waals surface area contributed by atoms with Gasteiger partial charge in [0.2, 0.25) is 11.7 Å². The molecule has 3 aromatic rings. The van der Waals surface area contributed by atoms with E-state index in [1.54, 1.807) is 6.07 Å². The highest BCUT2D eigenvalue weighted by atomic mass is 79.9. The Morgan fingerprint density at radius 2 is 1.68 bits per heavy atom. The number of para-hydroxylation sites is 1. The maximum absolute atomic E-state index is 14.0. The second kappa shape index (κ2) is 9.58. The molecule has 0 saturated heterocycles. The maximum Gasteiger partial charge on any atom is 0.312 e. The lowest BCUT2D eigenvalue weighted by Crippen LogP contribution is -2.24. The van der Waals surface area contributed by atoms with Gasteiger partial charge in [0.05, 0.1) is 10.8 Å². The van der Waals surface area contributed by atoms with Gasteiger partial charge in [0.1, 0.15) is 6.61 Å². The van der Waals surface area contributed by atoms with Gasteiger partial charge in [0.25, 0.3) is 0 Å². The van der Waals surface area contributed by atoms with E-state index in [0.29, 0.717) is 10.0 Å². The lowest BCUT2D eigenvalue weighted by Gasteiger charge is -2.24. The predicted molar refractivity (Wildman–Crippen MR) is 137 cm³/mol. The van der Waals surface area contributed by atoms with E-state index in [4.69, 9.17) is 4.74 Å². The van der Waals surface area contributed by atoms with Crippen LogP contribution in [0.3, 0.4) is 0 Å². The van der Waals surface area contributed by atoms with Crippen LogP contribution in [0.5, 0.6) is 5.75 Å². The van der Waals surface area contributed by atoms with Gasteiger partial charge >= 0.3 is 5.69 Å². The van der Waals surface area contributed by atoms with E-state index in [1.165, 1.54) is 6.07 Å². The van der Waals surface area contributed by atoms with Crippen molar-refractivity contribution in [2.75, 3.05) is 5.32 Å². The Bertz CT molecular complexity index is 1240. The number of hydrogen-bond donors (Lipinski definition) is 1. The summed E-state index contributed by atoms with van der Waals surface area (Å²) < 4.78 is 6.45. The third-order valence-corrected chi connectivity index (χ3v) is 6.65. The van der Waals surface area contributed by atoms with Gasteiger partial charge in [0, 0.05) is 21.8 Å². The maximum atomic E-state index is 14.0. The number of nitro benzene ring substituents is 1. The summed E-state index contributed by atoms with van der Waals surface area (Å²) in [5.74, 6) is -0.472. The third kappa shape index (κ3) is 4.44. The fraction of sp³-hybridized carbons (Fsp3) is 0.296. The van der Waals surface area contributed by atoms with E-state index in [9.17, 15) is 14.9 Å². The molecule has 176 valence electrons. The minimum atomic E-state index is -0.773. The van der Waals surface area contributed by atoms with Gasteiger partial charge in [0.15, 0.2) is 0 Å². The van der Waals surface area contributed by atoms with Crippen LogP contribution in [0.25, 0.3) is 0 Å². The number of nitrogens with one attached hydrogen (secondary N) is 1. The van der Waals surface area contributed by atoms with E-state index >= 15 is 0 Å². The highest BCUT2D eigenvalue weighted by Gasteiger charge is 2.35. The van der Waals surface area contributed by atoms with Gasteiger partial charge < -0.3 is 10.1 Å². The number of nitrogens with zero attached hydrogens (tertiary/aromatic N) is 1. The van der Waals surface area contributed by atoms with Gasteiger partial charge in [-0.1, -0.05) is 86.1 Å². The molecule has 1 N–H and O–H groups in total. The average molecular weight is 523 g/mol. The number of carbonyl (C=O) groups excluding carboxylic acids is 1. The van der Waals surface area contributed by atoms with Crippen LogP contribution in [0.15, 0.2) is 59.1 Å². The minimum absolute atomic E-state index is 0.130. The largest absolute Gasteiger partial charge is 0.482 e. The molecular weight excluding hydrogens is 496 g/mol. The molecule has 0 bridgehead atoms. The smallest absolute Gasteiger partial charge is 0.312 e. The van der Waals surface area contributed by atoms with Gasteiger partial charge in [-0.2, -0.15) is 0 Å². The Hall–Kier alpha value is -3.19. The van der Waals surface area contributed by atoms with Crippen molar-refractivity contribution in [3.63, 3.8) is 0 Å². The molecule has 3 aromatic carbocycles. The summed E-state index contributed by atoms with van der Waals surface area (Å²) in [4.78, 5) is 25.4. The van der Waals surface area contributed by atoms with Crippen molar-refractivity contribution in [2.24, 2.45) is 0 Å². The molecule has 0 fully saturated rings. The molecule has 1 amide bonds. The monoisotopic (exact) mass is 522 g/mol. The first kappa shape index (κ1) is 24.0. The zero-order chi connectivity index (χ0) is 24.6. The van der Waals surface area contributed by atoms with Crippen molar-refractivity contribution >= 4 is 33.2 Å². The molecule has 7 heteroatoms. The molecule has 0 aromatic heterocycles. The van der Waals surface area contributed by atoms with Crippen LogP contribution in [0.4, 0.5) is 11.4 Å². The summed E-state index contributed by atoms with van der Waals surface area (Å²) in [6, 6.07) is 16.8. The van der Waals surface area contributed by atoms with Gasteiger partial charge in [-0.05, 0) is 40.2 Å². The molecule has 1 unspecified atom stereocenters. The summed E-state index contributed by atoms with van der Waals surface area (Å²) >= 11 is 3.39. The molecule has 1 atom stereocenters. The molecule has 4 rings (SSSR count). The lowest BCUT2D eigenvalue weighted by molar-refractivity contribution is -0.386. The van der Waals surface area contributed by atoms with Crippen LogP contribution in [0.2, 0.25) is 0 Å². The number of amides is 1. The van der Waals surface area contributed by atoms with Crippen LogP contribution in [0, 0.1) is 10.1 Å². The number of hydrogen-bond acceptors (Lipinski definition) is 4.